The molecule has 1 aliphatic carbocycles. The molecule has 0 amide bonds. The summed E-state index contributed by atoms with van der Waals surface area (Å²) in [6, 6.07) is 2.65. The normalized spacial score (nSPS) is 18.1. The fraction of sp³-hybridized carbons (Fsp3) is 0.333. The lowest BCUT2D eigenvalue weighted by atomic mass is 9.94. The van der Waals surface area contributed by atoms with Crippen LogP contribution in [-0.2, 0) is 6.42 Å². The molecule has 0 saturated heterocycles. The summed E-state index contributed by atoms with van der Waals surface area (Å²) in [7, 11) is 0. The maximum atomic E-state index is 4.46. The molecule has 3 heterocycles. The van der Waals surface area contributed by atoms with Crippen LogP contribution in [0.3, 0.4) is 0 Å². The summed E-state index contributed by atoms with van der Waals surface area (Å²) in [5.41, 5.74) is 3.77. The third-order valence-corrected chi connectivity index (χ3v) is 5.98. The highest BCUT2D eigenvalue weighted by Gasteiger charge is 2.22. The molecule has 0 saturated carbocycles. The second-order valence-electron chi connectivity index (χ2n) is 5.21. The Kier molecular flexibility index (Phi) is 2.97. The first-order valence-electron chi connectivity index (χ1n) is 6.84. The van der Waals surface area contributed by atoms with Gasteiger partial charge in [-0.25, -0.2) is 9.97 Å². The Bertz CT molecular complexity index is 759. The van der Waals surface area contributed by atoms with Crippen molar-refractivity contribution in [2.24, 2.45) is 0 Å². The summed E-state index contributed by atoms with van der Waals surface area (Å²) in [5.74, 6) is 0.983. The van der Waals surface area contributed by atoms with E-state index in [1.54, 1.807) is 17.7 Å². The van der Waals surface area contributed by atoms with E-state index >= 15 is 0 Å². The van der Waals surface area contributed by atoms with Crippen LogP contribution in [0.2, 0.25) is 0 Å². The van der Waals surface area contributed by atoms with E-state index in [0.717, 1.165) is 11.3 Å². The predicted octanol–water partition coefficient (Wildman–Crippen LogP) is 4.55. The molecule has 102 valence electrons. The highest BCUT2D eigenvalue weighted by molar-refractivity contribution is 7.18. The van der Waals surface area contributed by atoms with E-state index in [4.69, 9.17) is 0 Å². The molecule has 0 radical (unpaired) electrons. The molecular weight excluding hydrogens is 286 g/mol. The summed E-state index contributed by atoms with van der Waals surface area (Å²) >= 11 is 3.60. The molecule has 0 aromatic carbocycles. The minimum Gasteiger partial charge on any atom is -0.362 e. The van der Waals surface area contributed by atoms with Gasteiger partial charge in [-0.3, -0.25) is 0 Å². The molecule has 1 N–H and O–H groups in total. The van der Waals surface area contributed by atoms with Crippen molar-refractivity contribution in [3.05, 3.63) is 39.2 Å². The van der Waals surface area contributed by atoms with Crippen molar-refractivity contribution in [3.8, 4) is 0 Å². The van der Waals surface area contributed by atoms with Crippen molar-refractivity contribution in [1.29, 1.82) is 0 Å². The Labute approximate surface area is 125 Å². The van der Waals surface area contributed by atoms with Crippen LogP contribution in [0.1, 0.15) is 34.9 Å². The molecule has 1 aliphatic rings. The Hall–Kier alpha value is -1.46. The van der Waals surface area contributed by atoms with Gasteiger partial charge in [0.25, 0.3) is 0 Å². The number of rotatable bonds is 2. The van der Waals surface area contributed by atoms with Gasteiger partial charge in [0, 0.05) is 4.88 Å². The Balaban J connectivity index is 1.73. The second-order valence-corrected chi connectivity index (χ2v) is 7.09. The van der Waals surface area contributed by atoms with Gasteiger partial charge in [-0.1, -0.05) is 0 Å². The number of nitrogens with zero attached hydrogens (tertiary/aromatic N) is 2. The van der Waals surface area contributed by atoms with Gasteiger partial charge >= 0.3 is 0 Å². The summed E-state index contributed by atoms with van der Waals surface area (Å²) in [6.45, 7) is 2.10. The molecule has 20 heavy (non-hydrogen) atoms. The van der Waals surface area contributed by atoms with Gasteiger partial charge in [-0.15, -0.1) is 22.7 Å². The van der Waals surface area contributed by atoms with Crippen molar-refractivity contribution >= 4 is 38.7 Å². The minimum atomic E-state index is 0.394. The zero-order valence-electron chi connectivity index (χ0n) is 11.2. The maximum absolute atomic E-state index is 4.46. The SMILES string of the molecule is Cc1csc2c(NC3CCCc4sccc43)ncnc12. The zero-order valence-corrected chi connectivity index (χ0v) is 12.9. The van der Waals surface area contributed by atoms with E-state index in [9.17, 15) is 0 Å². The lowest BCUT2D eigenvalue weighted by molar-refractivity contribution is 0.607. The average molecular weight is 301 g/mol. The number of hydrogen-bond donors (Lipinski definition) is 1. The molecule has 4 rings (SSSR count). The lowest BCUT2D eigenvalue weighted by Crippen LogP contribution is -2.16. The van der Waals surface area contributed by atoms with Gasteiger partial charge in [0.05, 0.1) is 16.3 Å². The number of anilines is 1. The van der Waals surface area contributed by atoms with E-state index in [1.807, 2.05) is 11.3 Å². The number of fused-ring (bicyclic) bond motifs is 2. The molecule has 3 nitrogen and oxygen atoms in total. The molecule has 0 aliphatic heterocycles. The van der Waals surface area contributed by atoms with Crippen molar-refractivity contribution < 1.29 is 0 Å². The number of nitrogens with one attached hydrogen (secondary N) is 1. The van der Waals surface area contributed by atoms with Crippen LogP contribution in [0.5, 0.6) is 0 Å². The first-order chi connectivity index (χ1) is 9.83. The monoisotopic (exact) mass is 301 g/mol. The highest BCUT2D eigenvalue weighted by Crippen LogP contribution is 2.37. The lowest BCUT2D eigenvalue weighted by Gasteiger charge is -2.24. The fourth-order valence-electron chi connectivity index (χ4n) is 2.87. The number of thiophene rings is 2. The number of hydrogen-bond acceptors (Lipinski definition) is 5. The van der Waals surface area contributed by atoms with Gasteiger partial charge in [-0.05, 0) is 54.1 Å². The van der Waals surface area contributed by atoms with Gasteiger partial charge in [0.2, 0.25) is 0 Å². The molecule has 0 fully saturated rings. The summed E-state index contributed by atoms with van der Waals surface area (Å²) in [6.07, 6.45) is 5.33. The Morgan fingerprint density at radius 3 is 3.20 bits per heavy atom. The average Bonchev–Trinajstić information content (AvgIpc) is 3.08. The smallest absolute Gasteiger partial charge is 0.147 e. The Morgan fingerprint density at radius 1 is 1.30 bits per heavy atom. The van der Waals surface area contributed by atoms with Crippen molar-refractivity contribution in [1.82, 2.24) is 9.97 Å². The van der Waals surface area contributed by atoms with E-state index in [0.29, 0.717) is 6.04 Å². The third kappa shape index (κ3) is 1.93. The molecule has 3 aromatic rings. The number of aromatic nitrogens is 2. The van der Waals surface area contributed by atoms with Crippen molar-refractivity contribution in [2.45, 2.75) is 32.2 Å². The van der Waals surface area contributed by atoms with Crippen LogP contribution in [0, 0.1) is 6.92 Å². The standard InChI is InChI=1S/C15H15N3S2/c1-9-7-20-14-13(9)16-8-17-15(14)18-11-3-2-4-12-10(11)5-6-19-12/h5-8,11H,2-4H2,1H3,(H,16,17,18). The quantitative estimate of drug-likeness (QED) is 0.754. The number of aryl methyl sites for hydroxylation is 2. The van der Waals surface area contributed by atoms with Crippen molar-refractivity contribution in [3.63, 3.8) is 0 Å². The van der Waals surface area contributed by atoms with Gasteiger partial charge in [-0.2, -0.15) is 0 Å². The first kappa shape index (κ1) is 12.3. The molecule has 3 aromatic heterocycles. The van der Waals surface area contributed by atoms with E-state index in [1.165, 1.54) is 40.0 Å². The summed E-state index contributed by atoms with van der Waals surface area (Å²) < 4.78 is 1.17. The van der Waals surface area contributed by atoms with E-state index in [-0.39, 0.29) is 0 Å². The van der Waals surface area contributed by atoms with Crippen LogP contribution < -0.4 is 5.32 Å². The second kappa shape index (κ2) is 4.82. The largest absolute Gasteiger partial charge is 0.362 e. The highest BCUT2D eigenvalue weighted by atomic mass is 32.1. The first-order valence-corrected chi connectivity index (χ1v) is 8.60. The minimum absolute atomic E-state index is 0.394. The van der Waals surface area contributed by atoms with E-state index in [2.05, 4.69) is 39.0 Å². The van der Waals surface area contributed by atoms with Crippen LogP contribution in [0.25, 0.3) is 10.2 Å². The fourth-order valence-corrected chi connectivity index (χ4v) is 4.82. The third-order valence-electron chi connectivity index (χ3n) is 3.89. The predicted molar refractivity (Wildman–Crippen MR) is 85.8 cm³/mol. The summed E-state index contributed by atoms with van der Waals surface area (Å²) in [4.78, 5) is 10.4. The molecular formula is C15H15N3S2. The molecule has 0 bridgehead atoms. The molecule has 1 atom stereocenters. The van der Waals surface area contributed by atoms with Crippen LogP contribution in [0.4, 0.5) is 5.82 Å². The molecule has 5 heteroatoms. The van der Waals surface area contributed by atoms with Crippen LogP contribution in [-0.4, -0.2) is 9.97 Å². The van der Waals surface area contributed by atoms with Crippen molar-refractivity contribution in [2.75, 3.05) is 5.32 Å². The molecule has 1 unspecified atom stereocenters. The van der Waals surface area contributed by atoms with Gasteiger partial charge < -0.3 is 5.32 Å². The zero-order chi connectivity index (χ0) is 13.5. The van der Waals surface area contributed by atoms with Crippen LogP contribution in [0.15, 0.2) is 23.2 Å². The van der Waals surface area contributed by atoms with Crippen LogP contribution >= 0.6 is 22.7 Å². The van der Waals surface area contributed by atoms with E-state index < -0.39 is 0 Å². The Morgan fingerprint density at radius 2 is 2.25 bits per heavy atom. The summed E-state index contributed by atoms with van der Waals surface area (Å²) in [5, 5.41) is 8.00. The maximum Gasteiger partial charge on any atom is 0.147 e. The van der Waals surface area contributed by atoms with Gasteiger partial charge in [0.1, 0.15) is 12.1 Å². The van der Waals surface area contributed by atoms with Gasteiger partial charge in [0.15, 0.2) is 0 Å². The molecule has 0 spiro atoms. The topological polar surface area (TPSA) is 37.8 Å².